The van der Waals surface area contributed by atoms with Crippen molar-refractivity contribution in [2.24, 2.45) is 19.1 Å². The van der Waals surface area contributed by atoms with Gasteiger partial charge in [-0.25, -0.2) is 9.79 Å². The van der Waals surface area contributed by atoms with Gasteiger partial charge in [0.15, 0.2) is 0 Å². The first-order valence-electron chi connectivity index (χ1n) is 8.55. The van der Waals surface area contributed by atoms with E-state index in [-0.39, 0.29) is 10.9 Å². The number of benzene rings is 2. The number of nitrogens with zero attached hydrogens (tertiary/aromatic N) is 3. The van der Waals surface area contributed by atoms with Crippen molar-refractivity contribution in [1.82, 2.24) is 14.5 Å². The smallest absolute Gasteiger partial charge is 0.328 e. The van der Waals surface area contributed by atoms with E-state index in [1.54, 1.807) is 30.3 Å². The molecule has 0 radical (unpaired) electrons. The van der Waals surface area contributed by atoms with Gasteiger partial charge < -0.3 is 10.1 Å². The van der Waals surface area contributed by atoms with Crippen molar-refractivity contribution in [2.75, 3.05) is 7.11 Å². The van der Waals surface area contributed by atoms with Crippen molar-refractivity contribution >= 4 is 45.6 Å². The van der Waals surface area contributed by atoms with Crippen LogP contribution in [0.15, 0.2) is 57.2 Å². The molecule has 1 aliphatic heterocycles. The maximum absolute atomic E-state index is 12.1. The third kappa shape index (κ3) is 3.22. The van der Waals surface area contributed by atoms with E-state index >= 15 is 0 Å². The lowest BCUT2D eigenvalue weighted by atomic mass is 10.2. The summed E-state index contributed by atoms with van der Waals surface area (Å²) >= 11 is 1.10. The summed E-state index contributed by atoms with van der Waals surface area (Å²) in [4.78, 5) is 29.3. The second-order valence-electron chi connectivity index (χ2n) is 6.33. The molecule has 0 unspecified atom stereocenters. The van der Waals surface area contributed by atoms with Gasteiger partial charge in [0, 0.05) is 14.1 Å². The molecule has 1 N–H and O–H groups in total. The summed E-state index contributed by atoms with van der Waals surface area (Å²) in [5, 5.41) is 2.60. The number of hydrogen-bond donors (Lipinski definition) is 1. The Kier molecular flexibility index (Phi) is 4.56. The molecule has 2 aromatic carbocycles. The Balaban J connectivity index is 1.73. The predicted octanol–water partition coefficient (Wildman–Crippen LogP) is 3.41. The molecule has 2 heterocycles. The molecule has 1 saturated heterocycles. The van der Waals surface area contributed by atoms with Crippen LogP contribution in [0.4, 0.5) is 10.5 Å². The van der Waals surface area contributed by atoms with Gasteiger partial charge in [-0.3, -0.25) is 13.9 Å². The largest absolute Gasteiger partial charge is 0.497 e. The van der Waals surface area contributed by atoms with E-state index in [2.05, 4.69) is 10.3 Å². The number of aliphatic imine (C=N–C) groups is 1. The van der Waals surface area contributed by atoms with Crippen LogP contribution in [0.2, 0.25) is 0 Å². The molecular weight excluding hydrogens is 376 g/mol. The fraction of sp³-hybridized carbons (Fsp3) is 0.150. The van der Waals surface area contributed by atoms with E-state index in [9.17, 15) is 9.59 Å². The standard InChI is InChI=1S/C20H18N4O3S/c1-23-15-9-4-12(10-16(15)24(2)20(23)26)11-17-18(22-19(25)28-17)21-13-5-7-14(27-3)8-6-13/h4-11H,1-3H3,(H,21,22,25)/b17-11-. The molecule has 1 aliphatic rings. The highest BCUT2D eigenvalue weighted by molar-refractivity contribution is 8.18. The Morgan fingerprint density at radius 2 is 1.75 bits per heavy atom. The number of carbonyl (C=O) groups excluding carboxylic acids is 1. The Labute approximate surface area is 165 Å². The summed E-state index contributed by atoms with van der Waals surface area (Å²) in [6.45, 7) is 0. The van der Waals surface area contributed by atoms with Gasteiger partial charge in [0.25, 0.3) is 5.24 Å². The van der Waals surface area contributed by atoms with Crippen molar-refractivity contribution in [3.05, 3.63) is 63.4 Å². The van der Waals surface area contributed by atoms with E-state index in [0.717, 1.165) is 39.0 Å². The molecule has 1 aromatic heterocycles. The average Bonchev–Trinajstić information content (AvgIpc) is 3.14. The first-order valence-corrected chi connectivity index (χ1v) is 9.37. The number of fused-ring (bicyclic) bond motifs is 1. The quantitative estimate of drug-likeness (QED) is 0.738. The Hall–Kier alpha value is -3.26. The van der Waals surface area contributed by atoms with Crippen molar-refractivity contribution in [3.63, 3.8) is 0 Å². The van der Waals surface area contributed by atoms with Gasteiger partial charge in [0.1, 0.15) is 11.6 Å². The number of carbonyl (C=O) groups is 1. The Bertz CT molecular complexity index is 1200. The van der Waals surface area contributed by atoms with Crippen LogP contribution < -0.4 is 15.7 Å². The number of amides is 1. The summed E-state index contributed by atoms with van der Waals surface area (Å²) in [5.41, 5.74) is 3.21. The monoisotopic (exact) mass is 394 g/mol. The first kappa shape index (κ1) is 18.1. The van der Waals surface area contributed by atoms with Gasteiger partial charge in [0.2, 0.25) is 0 Å². The summed E-state index contributed by atoms with van der Waals surface area (Å²) in [7, 11) is 5.10. The van der Waals surface area contributed by atoms with E-state index < -0.39 is 0 Å². The third-order valence-electron chi connectivity index (χ3n) is 4.56. The minimum Gasteiger partial charge on any atom is -0.497 e. The fourth-order valence-corrected chi connectivity index (χ4v) is 3.80. The highest BCUT2D eigenvalue weighted by Gasteiger charge is 2.23. The Morgan fingerprint density at radius 1 is 1.04 bits per heavy atom. The first-order chi connectivity index (χ1) is 13.5. The summed E-state index contributed by atoms with van der Waals surface area (Å²) in [6.07, 6.45) is 1.89. The normalized spacial score (nSPS) is 16.9. The molecule has 4 rings (SSSR count). The maximum Gasteiger partial charge on any atom is 0.328 e. The zero-order valence-corrected chi connectivity index (χ0v) is 16.4. The van der Waals surface area contributed by atoms with Crippen LogP contribution >= 0.6 is 11.8 Å². The van der Waals surface area contributed by atoms with E-state index in [1.165, 1.54) is 0 Å². The number of thioether (sulfide) groups is 1. The summed E-state index contributed by atoms with van der Waals surface area (Å²) in [6, 6.07) is 13.0. The van der Waals surface area contributed by atoms with Gasteiger partial charge in [0.05, 0.1) is 28.7 Å². The zero-order valence-electron chi connectivity index (χ0n) is 15.6. The van der Waals surface area contributed by atoms with Crippen molar-refractivity contribution in [2.45, 2.75) is 0 Å². The summed E-state index contributed by atoms with van der Waals surface area (Å²) in [5.74, 6) is 1.24. The lowest BCUT2D eigenvalue weighted by Gasteiger charge is -2.02. The van der Waals surface area contributed by atoms with E-state index in [1.807, 2.05) is 48.5 Å². The van der Waals surface area contributed by atoms with Crippen LogP contribution in [-0.2, 0) is 14.1 Å². The van der Waals surface area contributed by atoms with Crippen molar-refractivity contribution in [1.29, 1.82) is 0 Å². The number of imidazole rings is 1. The number of nitrogens with one attached hydrogen (secondary N) is 1. The molecule has 7 nitrogen and oxygen atoms in total. The SMILES string of the molecule is COc1ccc(N=C2NC(=O)S/C2=C\c2ccc3c(c2)n(C)c(=O)n3C)cc1. The zero-order chi connectivity index (χ0) is 19.8. The van der Waals surface area contributed by atoms with E-state index in [0.29, 0.717) is 11.5 Å². The highest BCUT2D eigenvalue weighted by atomic mass is 32.2. The molecular formula is C20H18N4O3S. The number of methoxy groups -OCH3 is 1. The van der Waals surface area contributed by atoms with Crippen LogP contribution in [0.1, 0.15) is 5.56 Å². The van der Waals surface area contributed by atoms with Gasteiger partial charge in [-0.05, 0) is 59.8 Å². The van der Waals surface area contributed by atoms with E-state index in [4.69, 9.17) is 4.74 Å². The minimum absolute atomic E-state index is 0.0753. The molecule has 0 bridgehead atoms. The van der Waals surface area contributed by atoms with Gasteiger partial charge in [-0.2, -0.15) is 0 Å². The van der Waals surface area contributed by atoms with Crippen LogP contribution in [0.25, 0.3) is 17.1 Å². The number of rotatable bonds is 3. The number of hydrogen-bond acceptors (Lipinski definition) is 5. The van der Waals surface area contributed by atoms with Crippen molar-refractivity contribution < 1.29 is 9.53 Å². The number of aromatic nitrogens is 2. The number of ether oxygens (including phenoxy) is 1. The predicted molar refractivity (Wildman–Crippen MR) is 112 cm³/mol. The number of amidine groups is 1. The second-order valence-corrected chi connectivity index (χ2v) is 7.35. The summed E-state index contributed by atoms with van der Waals surface area (Å²) < 4.78 is 8.37. The average molecular weight is 394 g/mol. The molecule has 0 saturated carbocycles. The van der Waals surface area contributed by atoms with Gasteiger partial charge in [-0.1, -0.05) is 6.07 Å². The van der Waals surface area contributed by atoms with Gasteiger partial charge in [-0.15, -0.1) is 0 Å². The van der Waals surface area contributed by atoms with Crippen molar-refractivity contribution in [3.8, 4) is 5.75 Å². The second kappa shape index (κ2) is 7.05. The molecule has 0 aliphatic carbocycles. The number of aryl methyl sites for hydroxylation is 2. The third-order valence-corrected chi connectivity index (χ3v) is 5.38. The van der Waals surface area contributed by atoms with Crippen LogP contribution in [0, 0.1) is 0 Å². The molecule has 28 heavy (non-hydrogen) atoms. The van der Waals surface area contributed by atoms with Crippen LogP contribution in [0.5, 0.6) is 5.75 Å². The lowest BCUT2D eigenvalue weighted by molar-refractivity contribution is 0.265. The molecule has 3 aromatic rings. The molecule has 0 atom stereocenters. The van der Waals surface area contributed by atoms with Crippen LogP contribution in [0.3, 0.4) is 0 Å². The molecule has 142 valence electrons. The molecule has 1 fully saturated rings. The topological polar surface area (TPSA) is 77.6 Å². The minimum atomic E-state index is -0.174. The molecule has 1 amide bonds. The van der Waals surface area contributed by atoms with Crippen LogP contribution in [-0.4, -0.2) is 27.3 Å². The molecule has 8 heteroatoms. The maximum atomic E-state index is 12.1. The highest BCUT2D eigenvalue weighted by Crippen LogP contribution is 2.29. The lowest BCUT2D eigenvalue weighted by Crippen LogP contribution is -2.19. The Morgan fingerprint density at radius 3 is 2.46 bits per heavy atom. The fourth-order valence-electron chi connectivity index (χ4n) is 3.06. The molecule has 0 spiro atoms. The van der Waals surface area contributed by atoms with Gasteiger partial charge >= 0.3 is 5.69 Å².